The summed E-state index contributed by atoms with van der Waals surface area (Å²) in [6, 6.07) is 0. The molecule has 1 rings (SSSR count). The normalized spacial score (nSPS) is 8.90. The molecule has 2 heteroatoms. The number of nitrogens with zero attached hydrogens (tertiary/aromatic N) is 1. The van der Waals surface area contributed by atoms with Crippen LogP contribution in [0.5, 0.6) is 0 Å². The Labute approximate surface area is 64.1 Å². The SMILES string of the molecule is CC.CC(C)c1cn[nH]c1.[HH]. The molecule has 10 heavy (non-hydrogen) atoms. The molecule has 0 fully saturated rings. The minimum atomic E-state index is 0. The van der Waals surface area contributed by atoms with Gasteiger partial charge in [0, 0.05) is 7.62 Å². The van der Waals surface area contributed by atoms with Crippen LogP contribution in [0.15, 0.2) is 12.4 Å². The summed E-state index contributed by atoms with van der Waals surface area (Å²) in [6.07, 6.45) is 3.77. The highest BCUT2D eigenvalue weighted by Crippen LogP contribution is 2.09. The Morgan fingerprint density at radius 1 is 1.50 bits per heavy atom. The molecule has 0 unspecified atom stereocenters. The smallest absolute Gasteiger partial charge is 0.0521 e. The average molecular weight is 142 g/mol. The Morgan fingerprint density at radius 3 is 2.30 bits per heavy atom. The molecule has 0 amide bonds. The Hall–Kier alpha value is -0.790. The lowest BCUT2D eigenvalue weighted by Gasteiger charge is -1.94. The van der Waals surface area contributed by atoms with Gasteiger partial charge in [-0.15, -0.1) is 0 Å². The van der Waals surface area contributed by atoms with Gasteiger partial charge in [-0.05, 0) is 11.5 Å². The van der Waals surface area contributed by atoms with Crippen molar-refractivity contribution < 1.29 is 1.43 Å². The van der Waals surface area contributed by atoms with E-state index in [0.717, 1.165) is 0 Å². The van der Waals surface area contributed by atoms with Gasteiger partial charge in [0.25, 0.3) is 0 Å². The van der Waals surface area contributed by atoms with E-state index in [1.807, 2.05) is 26.2 Å². The highest BCUT2D eigenvalue weighted by molar-refractivity contribution is 5.06. The highest BCUT2D eigenvalue weighted by atomic mass is 15.1. The topological polar surface area (TPSA) is 28.7 Å². The maximum absolute atomic E-state index is 3.82. The van der Waals surface area contributed by atoms with Crippen molar-refractivity contribution >= 4 is 0 Å². The summed E-state index contributed by atoms with van der Waals surface area (Å²) in [4.78, 5) is 0. The highest BCUT2D eigenvalue weighted by Gasteiger charge is 1.96. The summed E-state index contributed by atoms with van der Waals surface area (Å²) in [5.74, 6) is 0.591. The fraction of sp³-hybridized carbons (Fsp3) is 0.625. The molecule has 0 saturated heterocycles. The number of hydrogen-bond acceptors (Lipinski definition) is 1. The van der Waals surface area contributed by atoms with Crippen molar-refractivity contribution in [1.82, 2.24) is 10.2 Å². The van der Waals surface area contributed by atoms with E-state index in [0.29, 0.717) is 5.92 Å². The molecule has 1 N–H and O–H groups in total. The zero-order valence-corrected chi connectivity index (χ0v) is 7.18. The van der Waals surface area contributed by atoms with Crippen molar-refractivity contribution in [1.29, 1.82) is 0 Å². The van der Waals surface area contributed by atoms with Crippen LogP contribution in [0.3, 0.4) is 0 Å². The summed E-state index contributed by atoms with van der Waals surface area (Å²) in [7, 11) is 0. The molecule has 0 aliphatic rings. The van der Waals surface area contributed by atoms with Crippen LogP contribution in [0.2, 0.25) is 0 Å². The number of aromatic nitrogens is 2. The summed E-state index contributed by atoms with van der Waals surface area (Å²) in [5, 5.41) is 6.58. The number of H-pyrrole nitrogens is 1. The maximum atomic E-state index is 3.82. The number of aromatic amines is 1. The molecule has 0 aliphatic carbocycles. The van der Waals surface area contributed by atoms with Gasteiger partial charge in [-0.25, -0.2) is 0 Å². The van der Waals surface area contributed by atoms with Crippen molar-refractivity contribution in [3.8, 4) is 0 Å². The van der Waals surface area contributed by atoms with Crippen LogP contribution >= 0.6 is 0 Å². The standard InChI is InChI=1S/C6H10N2.C2H6.H2/c1-5(2)6-3-7-8-4-6;1-2;/h3-5H,1-2H3,(H,7,8);1-2H3;1H. The van der Waals surface area contributed by atoms with Crippen LogP contribution in [-0.2, 0) is 0 Å². The van der Waals surface area contributed by atoms with Crippen LogP contribution < -0.4 is 0 Å². The molecule has 0 atom stereocenters. The first-order valence-corrected chi connectivity index (χ1v) is 3.79. The molecule has 1 aromatic rings. The molecule has 0 bridgehead atoms. The quantitative estimate of drug-likeness (QED) is 0.641. The molecule has 2 nitrogen and oxygen atoms in total. The zero-order chi connectivity index (χ0) is 7.98. The van der Waals surface area contributed by atoms with Gasteiger partial charge in [0.1, 0.15) is 0 Å². The number of nitrogens with one attached hydrogen (secondary N) is 1. The van der Waals surface area contributed by atoms with E-state index in [1.165, 1.54) is 5.56 Å². The fourth-order valence-corrected chi connectivity index (χ4v) is 0.577. The first-order chi connectivity index (χ1) is 4.80. The van der Waals surface area contributed by atoms with Gasteiger partial charge in [-0.2, -0.15) is 5.10 Å². The second-order valence-corrected chi connectivity index (χ2v) is 2.19. The number of rotatable bonds is 1. The van der Waals surface area contributed by atoms with E-state index in [4.69, 9.17) is 0 Å². The lowest BCUT2D eigenvalue weighted by atomic mass is 10.1. The summed E-state index contributed by atoms with van der Waals surface area (Å²) < 4.78 is 0. The lowest BCUT2D eigenvalue weighted by molar-refractivity contribution is 0.868. The van der Waals surface area contributed by atoms with E-state index in [-0.39, 0.29) is 1.43 Å². The third-order valence-electron chi connectivity index (χ3n) is 1.19. The second kappa shape index (κ2) is 5.03. The Kier molecular flexibility index (Phi) is 4.63. The maximum Gasteiger partial charge on any atom is 0.0521 e. The third kappa shape index (κ3) is 2.67. The largest absolute Gasteiger partial charge is 0.285 e. The van der Waals surface area contributed by atoms with E-state index in [2.05, 4.69) is 24.0 Å². The molecular weight excluding hydrogens is 124 g/mol. The van der Waals surface area contributed by atoms with Crippen molar-refractivity contribution in [2.75, 3.05) is 0 Å². The fourth-order valence-electron chi connectivity index (χ4n) is 0.577. The summed E-state index contributed by atoms with van der Waals surface area (Å²) in [6.45, 7) is 8.29. The molecule has 0 aromatic carbocycles. The van der Waals surface area contributed by atoms with E-state index < -0.39 is 0 Å². The number of hydrogen-bond donors (Lipinski definition) is 1. The van der Waals surface area contributed by atoms with E-state index in [1.54, 1.807) is 0 Å². The predicted octanol–water partition coefficient (Wildman–Crippen LogP) is 2.81. The minimum absolute atomic E-state index is 0. The molecule has 0 aliphatic heterocycles. The van der Waals surface area contributed by atoms with Gasteiger partial charge in [0.15, 0.2) is 0 Å². The zero-order valence-electron chi connectivity index (χ0n) is 7.18. The third-order valence-corrected chi connectivity index (χ3v) is 1.19. The molecule has 1 heterocycles. The van der Waals surface area contributed by atoms with Gasteiger partial charge in [-0.3, -0.25) is 5.10 Å². The second-order valence-electron chi connectivity index (χ2n) is 2.19. The van der Waals surface area contributed by atoms with Gasteiger partial charge in [-0.1, -0.05) is 27.7 Å². The predicted molar refractivity (Wildman–Crippen MR) is 46.1 cm³/mol. The van der Waals surface area contributed by atoms with E-state index >= 15 is 0 Å². The first kappa shape index (κ1) is 9.21. The van der Waals surface area contributed by atoms with Crippen molar-refractivity contribution in [2.24, 2.45) is 0 Å². The van der Waals surface area contributed by atoms with Crippen LogP contribution in [0.4, 0.5) is 0 Å². The Balaban J connectivity index is 0. The molecule has 0 saturated carbocycles. The van der Waals surface area contributed by atoms with E-state index in [9.17, 15) is 0 Å². The average Bonchev–Trinajstić information content (AvgIpc) is 2.42. The molecular formula is C8H18N2. The van der Waals surface area contributed by atoms with Crippen molar-refractivity contribution in [3.63, 3.8) is 0 Å². The van der Waals surface area contributed by atoms with Crippen LogP contribution in [0.25, 0.3) is 0 Å². The molecule has 0 spiro atoms. The van der Waals surface area contributed by atoms with Crippen molar-refractivity contribution in [2.45, 2.75) is 33.6 Å². The van der Waals surface area contributed by atoms with Crippen molar-refractivity contribution in [3.05, 3.63) is 18.0 Å². The van der Waals surface area contributed by atoms with Crippen LogP contribution in [0.1, 0.15) is 40.6 Å². The van der Waals surface area contributed by atoms with Gasteiger partial charge >= 0.3 is 0 Å². The molecule has 0 radical (unpaired) electrons. The minimum Gasteiger partial charge on any atom is -0.285 e. The van der Waals surface area contributed by atoms with Gasteiger partial charge in [0.2, 0.25) is 0 Å². The Morgan fingerprint density at radius 2 is 2.10 bits per heavy atom. The van der Waals surface area contributed by atoms with Crippen LogP contribution in [-0.4, -0.2) is 10.2 Å². The molecule has 60 valence electrons. The van der Waals surface area contributed by atoms with Gasteiger partial charge in [0.05, 0.1) is 6.20 Å². The monoisotopic (exact) mass is 142 g/mol. The first-order valence-electron chi connectivity index (χ1n) is 3.79. The Bertz CT molecular complexity index is 147. The van der Waals surface area contributed by atoms with Crippen LogP contribution in [0, 0.1) is 0 Å². The van der Waals surface area contributed by atoms with Gasteiger partial charge < -0.3 is 0 Å². The molecule has 1 aromatic heterocycles. The summed E-state index contributed by atoms with van der Waals surface area (Å²) >= 11 is 0. The summed E-state index contributed by atoms with van der Waals surface area (Å²) in [5.41, 5.74) is 1.27. The lowest BCUT2D eigenvalue weighted by Crippen LogP contribution is -1.80.